The van der Waals surface area contributed by atoms with Gasteiger partial charge in [-0.15, -0.1) is 10.2 Å². The molecule has 3 aromatic heterocycles. The van der Waals surface area contributed by atoms with Crippen LogP contribution in [0.25, 0.3) is 22.8 Å². The van der Waals surface area contributed by atoms with Crippen LogP contribution in [0.3, 0.4) is 0 Å². The Kier molecular flexibility index (Phi) is 6.71. The summed E-state index contributed by atoms with van der Waals surface area (Å²) < 4.78 is 19.9. The summed E-state index contributed by atoms with van der Waals surface area (Å²) in [5, 5.41) is 11.9. The molecule has 4 aromatic rings. The molecule has 9 nitrogen and oxygen atoms in total. The highest BCUT2D eigenvalue weighted by Gasteiger charge is 2.38. The third-order valence-electron chi connectivity index (χ3n) is 7.45. The molecule has 206 valence electrons. The topological polar surface area (TPSA) is 94.7 Å². The Hall–Kier alpha value is -4.31. The highest BCUT2D eigenvalue weighted by molar-refractivity contribution is 5.87. The van der Waals surface area contributed by atoms with Crippen molar-refractivity contribution in [1.82, 2.24) is 29.3 Å². The first kappa shape index (κ1) is 25.9. The maximum absolute atomic E-state index is 15.9. The standard InChI is InChI=1S/C30H33FN8O/c1-19(2)39-18-33-36-29(39)25-6-5-7-28(34-25)35-30(3)15-24(31)23(20-10-12-22(13-11-20)37-40-4)14-27(30)38-16-26(32-17-38)21-8-9-21/h5-7,10-14,16-19,21,37H,8-9,15H2,1-4H3,(H,34,35). The van der Waals surface area contributed by atoms with Gasteiger partial charge in [0.2, 0.25) is 0 Å². The number of allylic oxidation sites excluding steroid dienone is 2. The zero-order valence-corrected chi connectivity index (χ0v) is 23.1. The van der Waals surface area contributed by atoms with Gasteiger partial charge in [0, 0.05) is 35.8 Å². The van der Waals surface area contributed by atoms with Gasteiger partial charge in [0.1, 0.15) is 23.7 Å². The summed E-state index contributed by atoms with van der Waals surface area (Å²) in [6.45, 7) is 6.15. The quantitative estimate of drug-likeness (QED) is 0.235. The van der Waals surface area contributed by atoms with Gasteiger partial charge in [-0.05, 0) is 69.5 Å². The molecular weight excluding hydrogens is 507 g/mol. The second-order valence-electron chi connectivity index (χ2n) is 10.9. The van der Waals surface area contributed by atoms with Gasteiger partial charge in [-0.3, -0.25) is 10.3 Å². The molecule has 0 saturated heterocycles. The van der Waals surface area contributed by atoms with Crippen LogP contribution in [0.5, 0.6) is 0 Å². The van der Waals surface area contributed by atoms with E-state index in [9.17, 15) is 0 Å². The van der Waals surface area contributed by atoms with E-state index in [0.29, 0.717) is 28.8 Å². The Morgan fingerprint density at radius 3 is 2.62 bits per heavy atom. The summed E-state index contributed by atoms with van der Waals surface area (Å²) in [4.78, 5) is 14.5. The number of pyridine rings is 1. The first-order valence-electron chi connectivity index (χ1n) is 13.5. The Bertz CT molecular complexity index is 1580. The van der Waals surface area contributed by atoms with E-state index in [-0.39, 0.29) is 18.3 Å². The molecule has 3 heterocycles. The van der Waals surface area contributed by atoms with Gasteiger partial charge in [0.05, 0.1) is 30.4 Å². The van der Waals surface area contributed by atoms with E-state index in [1.54, 1.807) is 13.4 Å². The van der Waals surface area contributed by atoms with E-state index in [4.69, 9.17) is 9.82 Å². The molecule has 1 unspecified atom stereocenters. The number of hydrogen-bond acceptors (Lipinski definition) is 7. The summed E-state index contributed by atoms with van der Waals surface area (Å²) in [5.41, 5.74) is 6.79. The Morgan fingerprint density at radius 2 is 1.90 bits per heavy atom. The summed E-state index contributed by atoms with van der Waals surface area (Å²) in [7, 11) is 1.56. The van der Waals surface area contributed by atoms with E-state index in [1.807, 2.05) is 70.9 Å². The van der Waals surface area contributed by atoms with Crippen molar-refractivity contribution < 1.29 is 9.23 Å². The van der Waals surface area contributed by atoms with Crippen molar-refractivity contribution in [2.24, 2.45) is 0 Å². The highest BCUT2D eigenvalue weighted by atomic mass is 19.1. The molecule has 0 radical (unpaired) electrons. The lowest BCUT2D eigenvalue weighted by Gasteiger charge is -2.37. The molecule has 1 saturated carbocycles. The van der Waals surface area contributed by atoms with Gasteiger partial charge in [-0.2, -0.15) is 0 Å². The van der Waals surface area contributed by atoms with Crippen LogP contribution in [-0.4, -0.2) is 41.9 Å². The number of aromatic nitrogens is 6. The highest BCUT2D eigenvalue weighted by Crippen LogP contribution is 2.44. The van der Waals surface area contributed by atoms with Crippen LogP contribution in [0.4, 0.5) is 15.9 Å². The van der Waals surface area contributed by atoms with Crippen LogP contribution >= 0.6 is 0 Å². The van der Waals surface area contributed by atoms with Gasteiger partial charge in [0.15, 0.2) is 5.82 Å². The number of rotatable bonds is 9. The molecule has 0 spiro atoms. The van der Waals surface area contributed by atoms with Crippen LogP contribution < -0.4 is 10.8 Å². The van der Waals surface area contributed by atoms with E-state index in [1.165, 1.54) is 0 Å². The molecule has 2 aliphatic rings. The summed E-state index contributed by atoms with van der Waals surface area (Å²) >= 11 is 0. The summed E-state index contributed by atoms with van der Waals surface area (Å²) in [5.74, 6) is 1.61. The van der Waals surface area contributed by atoms with Crippen molar-refractivity contribution in [3.05, 3.63) is 84.5 Å². The predicted molar refractivity (Wildman–Crippen MR) is 154 cm³/mol. The zero-order chi connectivity index (χ0) is 27.9. The average Bonchev–Trinajstić information content (AvgIpc) is 3.45. The molecule has 10 heteroatoms. The van der Waals surface area contributed by atoms with E-state index in [2.05, 4.69) is 46.0 Å². The van der Waals surface area contributed by atoms with Crippen molar-refractivity contribution in [3.8, 4) is 11.5 Å². The fourth-order valence-corrected chi connectivity index (χ4v) is 5.19. The number of imidazole rings is 1. The number of benzene rings is 1. The normalized spacial score (nSPS) is 19.2. The van der Waals surface area contributed by atoms with Crippen molar-refractivity contribution in [2.75, 3.05) is 17.9 Å². The monoisotopic (exact) mass is 540 g/mol. The molecule has 6 rings (SSSR count). The van der Waals surface area contributed by atoms with E-state index < -0.39 is 5.54 Å². The molecule has 1 aromatic carbocycles. The third kappa shape index (κ3) is 5.02. The lowest BCUT2D eigenvalue weighted by molar-refractivity contribution is 0.271. The molecule has 2 aliphatic carbocycles. The molecule has 40 heavy (non-hydrogen) atoms. The second kappa shape index (κ2) is 10.3. The number of nitrogens with zero attached hydrogens (tertiary/aromatic N) is 6. The lowest BCUT2D eigenvalue weighted by atomic mass is 9.83. The summed E-state index contributed by atoms with van der Waals surface area (Å²) in [6, 6.07) is 13.4. The molecule has 0 amide bonds. The van der Waals surface area contributed by atoms with Crippen LogP contribution in [0.15, 0.2) is 73.2 Å². The maximum Gasteiger partial charge on any atom is 0.182 e. The van der Waals surface area contributed by atoms with Crippen molar-refractivity contribution >= 4 is 22.8 Å². The molecule has 0 aliphatic heterocycles. The minimum absolute atomic E-state index is 0.136. The smallest absolute Gasteiger partial charge is 0.182 e. The van der Waals surface area contributed by atoms with Gasteiger partial charge in [-0.1, -0.05) is 18.2 Å². The SMILES string of the molecule is CONc1ccc(C2=C(F)CC(C)(Nc3cccc(-c4nncn4C(C)C)n3)C(n3cnc(C4CC4)c3)=C2)cc1. The van der Waals surface area contributed by atoms with Crippen LogP contribution in [-0.2, 0) is 4.84 Å². The second-order valence-corrected chi connectivity index (χ2v) is 10.9. The minimum atomic E-state index is -0.802. The van der Waals surface area contributed by atoms with Gasteiger partial charge in [-0.25, -0.2) is 14.4 Å². The molecule has 2 N–H and O–H groups in total. The van der Waals surface area contributed by atoms with Crippen LogP contribution in [0.2, 0.25) is 0 Å². The Morgan fingerprint density at radius 1 is 1.10 bits per heavy atom. The van der Waals surface area contributed by atoms with E-state index in [0.717, 1.165) is 35.5 Å². The van der Waals surface area contributed by atoms with Crippen molar-refractivity contribution in [3.63, 3.8) is 0 Å². The van der Waals surface area contributed by atoms with Crippen molar-refractivity contribution in [1.29, 1.82) is 0 Å². The Labute approximate surface area is 232 Å². The average molecular weight is 541 g/mol. The first-order chi connectivity index (χ1) is 19.3. The fraction of sp³-hybridized carbons (Fsp3) is 0.333. The Balaban J connectivity index is 1.37. The van der Waals surface area contributed by atoms with Gasteiger partial charge >= 0.3 is 0 Å². The molecule has 1 atom stereocenters. The van der Waals surface area contributed by atoms with Crippen LogP contribution in [0, 0.1) is 0 Å². The molecule has 1 fully saturated rings. The predicted octanol–water partition coefficient (Wildman–Crippen LogP) is 6.46. The zero-order valence-electron chi connectivity index (χ0n) is 23.1. The van der Waals surface area contributed by atoms with Gasteiger partial charge in [0.25, 0.3) is 0 Å². The molecular formula is C30H33FN8O. The number of hydrogen-bond donors (Lipinski definition) is 2. The van der Waals surface area contributed by atoms with Crippen molar-refractivity contribution in [2.45, 2.75) is 57.5 Å². The maximum atomic E-state index is 15.9. The van der Waals surface area contributed by atoms with E-state index >= 15 is 4.39 Å². The minimum Gasteiger partial charge on any atom is -0.359 e. The number of anilines is 2. The first-order valence-corrected chi connectivity index (χ1v) is 13.5. The largest absolute Gasteiger partial charge is 0.359 e. The third-order valence-corrected chi connectivity index (χ3v) is 7.45. The number of nitrogens with one attached hydrogen (secondary N) is 2. The van der Waals surface area contributed by atoms with Crippen LogP contribution in [0.1, 0.15) is 63.3 Å². The van der Waals surface area contributed by atoms with Gasteiger partial charge < -0.3 is 14.5 Å². The lowest BCUT2D eigenvalue weighted by Crippen LogP contribution is -2.40. The fourth-order valence-electron chi connectivity index (χ4n) is 5.19. The number of halogens is 1. The molecule has 0 bridgehead atoms. The summed E-state index contributed by atoms with van der Waals surface area (Å²) in [6.07, 6.45) is 9.99.